The minimum Gasteiger partial charge on any atom is -0.355 e. The Morgan fingerprint density at radius 3 is 3.08 bits per heavy atom. The summed E-state index contributed by atoms with van der Waals surface area (Å²) in [6, 6.07) is 0.430. The maximum atomic E-state index is 10.8. The first-order valence-corrected chi connectivity index (χ1v) is 4.33. The molecule has 1 aliphatic heterocycles. The van der Waals surface area contributed by atoms with Crippen LogP contribution in [-0.4, -0.2) is 25.0 Å². The summed E-state index contributed by atoms with van der Waals surface area (Å²) in [5.74, 6) is 0.170. The lowest BCUT2D eigenvalue weighted by Crippen LogP contribution is -2.46. The largest absolute Gasteiger partial charge is 0.355 e. The van der Waals surface area contributed by atoms with E-state index in [4.69, 9.17) is 0 Å². The average molecular weight is 168 g/mol. The van der Waals surface area contributed by atoms with Gasteiger partial charge < -0.3 is 10.6 Å². The predicted molar refractivity (Wildman–Crippen MR) is 48.8 cm³/mol. The van der Waals surface area contributed by atoms with Gasteiger partial charge in [0.25, 0.3) is 0 Å². The van der Waals surface area contributed by atoms with E-state index < -0.39 is 0 Å². The molecule has 1 unspecified atom stereocenters. The van der Waals surface area contributed by atoms with E-state index in [1.807, 2.05) is 6.92 Å². The summed E-state index contributed by atoms with van der Waals surface area (Å²) in [5, 5.41) is 6.15. The van der Waals surface area contributed by atoms with Crippen LogP contribution in [0.3, 0.4) is 0 Å². The quantitative estimate of drug-likeness (QED) is 0.600. The second kappa shape index (κ2) is 4.26. The van der Waals surface area contributed by atoms with Crippen LogP contribution in [0, 0.1) is 0 Å². The number of carbonyl (C=O) groups excluding carboxylic acids is 1. The third kappa shape index (κ3) is 3.05. The van der Waals surface area contributed by atoms with Crippen molar-refractivity contribution in [2.75, 3.05) is 13.1 Å². The molecule has 0 aromatic rings. The van der Waals surface area contributed by atoms with Crippen molar-refractivity contribution in [3.63, 3.8) is 0 Å². The fourth-order valence-corrected chi connectivity index (χ4v) is 1.23. The number of carbonyl (C=O) groups is 1. The molecular weight excluding hydrogens is 152 g/mol. The molecule has 0 aromatic carbocycles. The van der Waals surface area contributed by atoms with Crippen molar-refractivity contribution >= 4 is 5.91 Å². The van der Waals surface area contributed by atoms with Gasteiger partial charge in [-0.1, -0.05) is 12.2 Å². The molecule has 68 valence electrons. The molecule has 1 rings (SSSR count). The fraction of sp³-hybridized carbons (Fsp3) is 0.667. The highest BCUT2D eigenvalue weighted by molar-refractivity contribution is 5.76. The van der Waals surface area contributed by atoms with Crippen molar-refractivity contribution in [2.24, 2.45) is 0 Å². The second-order valence-corrected chi connectivity index (χ2v) is 3.38. The molecular formula is C9H16N2O. The third-order valence-electron chi connectivity index (χ3n) is 1.96. The highest BCUT2D eigenvalue weighted by Gasteiger charge is 2.16. The van der Waals surface area contributed by atoms with E-state index in [1.165, 1.54) is 0 Å². The molecule has 1 atom stereocenters. The van der Waals surface area contributed by atoms with Crippen molar-refractivity contribution in [1.29, 1.82) is 0 Å². The van der Waals surface area contributed by atoms with E-state index in [0.717, 1.165) is 25.1 Å². The van der Waals surface area contributed by atoms with Crippen molar-refractivity contribution in [1.82, 2.24) is 10.6 Å². The Morgan fingerprint density at radius 1 is 1.83 bits per heavy atom. The van der Waals surface area contributed by atoms with Crippen LogP contribution in [0.4, 0.5) is 0 Å². The van der Waals surface area contributed by atoms with Gasteiger partial charge in [0, 0.05) is 25.6 Å². The average Bonchev–Trinajstić information content (AvgIpc) is 2.03. The molecule has 0 bridgehead atoms. The van der Waals surface area contributed by atoms with Gasteiger partial charge in [-0.2, -0.15) is 0 Å². The van der Waals surface area contributed by atoms with Gasteiger partial charge in [0.05, 0.1) is 0 Å². The lowest BCUT2D eigenvalue weighted by atomic mass is 10.1. The summed E-state index contributed by atoms with van der Waals surface area (Å²) in [4.78, 5) is 10.8. The van der Waals surface area contributed by atoms with Gasteiger partial charge in [-0.25, -0.2) is 0 Å². The summed E-state index contributed by atoms with van der Waals surface area (Å²) in [6.07, 6.45) is 1.59. The topological polar surface area (TPSA) is 41.1 Å². The van der Waals surface area contributed by atoms with Crippen LogP contribution in [0.25, 0.3) is 0 Å². The van der Waals surface area contributed by atoms with E-state index >= 15 is 0 Å². The van der Waals surface area contributed by atoms with Gasteiger partial charge in [-0.15, -0.1) is 0 Å². The Kier molecular flexibility index (Phi) is 3.29. The van der Waals surface area contributed by atoms with Crippen molar-refractivity contribution < 1.29 is 4.79 Å². The third-order valence-corrected chi connectivity index (χ3v) is 1.96. The molecule has 0 spiro atoms. The maximum absolute atomic E-state index is 10.8. The molecule has 2 N–H and O–H groups in total. The van der Waals surface area contributed by atoms with Crippen molar-refractivity contribution in [3.05, 3.63) is 12.2 Å². The van der Waals surface area contributed by atoms with Crippen LogP contribution >= 0.6 is 0 Å². The zero-order valence-corrected chi connectivity index (χ0v) is 7.52. The van der Waals surface area contributed by atoms with Crippen LogP contribution in [0.1, 0.15) is 19.8 Å². The molecule has 1 heterocycles. The maximum Gasteiger partial charge on any atom is 0.220 e. The van der Waals surface area contributed by atoms with Gasteiger partial charge in [0.15, 0.2) is 0 Å². The Hall–Kier alpha value is -0.830. The zero-order chi connectivity index (χ0) is 8.97. The van der Waals surface area contributed by atoms with Crippen LogP contribution < -0.4 is 10.6 Å². The smallest absolute Gasteiger partial charge is 0.220 e. The summed E-state index contributed by atoms with van der Waals surface area (Å²) < 4.78 is 0. The van der Waals surface area contributed by atoms with Crippen LogP contribution in [0.5, 0.6) is 0 Å². The molecule has 3 heteroatoms. The molecule has 3 nitrogen and oxygen atoms in total. The van der Waals surface area contributed by atoms with Crippen LogP contribution in [0.15, 0.2) is 12.2 Å². The molecule has 0 saturated carbocycles. The molecule has 1 saturated heterocycles. The van der Waals surface area contributed by atoms with E-state index in [1.54, 1.807) is 0 Å². The van der Waals surface area contributed by atoms with Crippen molar-refractivity contribution in [3.8, 4) is 0 Å². The van der Waals surface area contributed by atoms with Gasteiger partial charge in [-0.05, 0) is 13.3 Å². The molecule has 0 aliphatic carbocycles. The van der Waals surface area contributed by atoms with E-state index in [0.29, 0.717) is 12.5 Å². The molecule has 12 heavy (non-hydrogen) atoms. The minimum absolute atomic E-state index is 0.170. The second-order valence-electron chi connectivity index (χ2n) is 3.38. The number of hydrogen-bond acceptors (Lipinski definition) is 2. The minimum atomic E-state index is 0.170. The SMILES string of the molecule is C=C(C)CNC1CCC(=O)NC1. The lowest BCUT2D eigenvalue weighted by Gasteiger charge is -2.23. The summed E-state index contributed by atoms with van der Waals surface area (Å²) in [7, 11) is 0. The number of rotatable bonds is 3. The zero-order valence-electron chi connectivity index (χ0n) is 7.52. The highest BCUT2D eigenvalue weighted by Crippen LogP contribution is 2.02. The Balaban J connectivity index is 2.17. The first-order valence-electron chi connectivity index (χ1n) is 4.33. The predicted octanol–water partition coefficient (Wildman–Crippen LogP) is 0.431. The number of nitrogens with one attached hydrogen (secondary N) is 2. The van der Waals surface area contributed by atoms with Crippen LogP contribution in [0.2, 0.25) is 0 Å². The summed E-state index contributed by atoms with van der Waals surface area (Å²) in [6.45, 7) is 7.40. The fourth-order valence-electron chi connectivity index (χ4n) is 1.23. The van der Waals surface area contributed by atoms with E-state index in [-0.39, 0.29) is 5.91 Å². The molecule has 0 aromatic heterocycles. The Morgan fingerprint density at radius 2 is 2.58 bits per heavy atom. The van der Waals surface area contributed by atoms with E-state index in [9.17, 15) is 4.79 Å². The lowest BCUT2D eigenvalue weighted by molar-refractivity contribution is -0.122. The normalized spacial score (nSPS) is 23.4. The van der Waals surface area contributed by atoms with Gasteiger partial charge in [0.2, 0.25) is 5.91 Å². The van der Waals surface area contributed by atoms with Crippen molar-refractivity contribution in [2.45, 2.75) is 25.8 Å². The van der Waals surface area contributed by atoms with Gasteiger partial charge in [-0.3, -0.25) is 4.79 Å². The first-order chi connectivity index (χ1) is 5.68. The highest BCUT2D eigenvalue weighted by atomic mass is 16.1. The monoisotopic (exact) mass is 168 g/mol. The Labute approximate surface area is 73.2 Å². The number of hydrogen-bond donors (Lipinski definition) is 2. The standard InChI is InChI=1S/C9H16N2O/c1-7(2)5-10-8-3-4-9(12)11-6-8/h8,10H,1,3-6H2,2H3,(H,11,12). The summed E-state index contributed by atoms with van der Waals surface area (Å²) >= 11 is 0. The molecule has 1 fully saturated rings. The molecule has 1 amide bonds. The van der Waals surface area contributed by atoms with Gasteiger partial charge >= 0.3 is 0 Å². The first kappa shape index (κ1) is 9.26. The molecule has 1 aliphatic rings. The molecule has 0 radical (unpaired) electrons. The number of piperidine rings is 1. The summed E-state index contributed by atoms with van der Waals surface area (Å²) in [5.41, 5.74) is 1.13. The van der Waals surface area contributed by atoms with Crippen LogP contribution in [-0.2, 0) is 4.79 Å². The Bertz CT molecular complexity index is 179. The van der Waals surface area contributed by atoms with Gasteiger partial charge in [0.1, 0.15) is 0 Å². The van der Waals surface area contributed by atoms with E-state index in [2.05, 4.69) is 17.2 Å². The number of amides is 1.